The molecule has 2 atom stereocenters. The van der Waals surface area contributed by atoms with Gasteiger partial charge in [0, 0.05) is 30.4 Å². The van der Waals surface area contributed by atoms with Gasteiger partial charge in [0.2, 0.25) is 0 Å². The maximum absolute atomic E-state index is 5.75. The van der Waals surface area contributed by atoms with Gasteiger partial charge < -0.3 is 10.5 Å². The molecule has 0 aliphatic rings. The summed E-state index contributed by atoms with van der Waals surface area (Å²) in [6.07, 6.45) is 5.58. The molecular weight excluding hydrogens is 264 g/mol. The third kappa shape index (κ3) is 4.56. The quantitative estimate of drug-likeness (QED) is 0.850. The zero-order chi connectivity index (χ0) is 15.2. The Morgan fingerprint density at radius 2 is 2.05 bits per heavy atom. The summed E-state index contributed by atoms with van der Waals surface area (Å²) in [7, 11) is 0. The van der Waals surface area contributed by atoms with Crippen LogP contribution in [0.5, 0.6) is 5.75 Å². The smallest absolute Gasteiger partial charge is 0.138 e. The van der Waals surface area contributed by atoms with Crippen LogP contribution in [-0.2, 0) is 13.0 Å². The largest absolute Gasteiger partial charge is 0.486 e. The molecule has 0 saturated carbocycles. The Hall–Kier alpha value is -1.88. The van der Waals surface area contributed by atoms with Gasteiger partial charge in [-0.05, 0) is 38.5 Å². The van der Waals surface area contributed by atoms with Gasteiger partial charge in [-0.2, -0.15) is 5.10 Å². The summed E-state index contributed by atoms with van der Waals surface area (Å²) in [5.41, 5.74) is 7.66. The first kappa shape index (κ1) is 15.5. The molecule has 0 aromatic carbocycles. The van der Waals surface area contributed by atoms with Crippen molar-refractivity contribution in [3.05, 3.63) is 42.0 Å². The van der Waals surface area contributed by atoms with Crippen molar-refractivity contribution in [1.29, 1.82) is 0 Å². The average Bonchev–Trinajstić information content (AvgIpc) is 2.94. The first-order chi connectivity index (χ1) is 10.1. The van der Waals surface area contributed by atoms with Crippen molar-refractivity contribution in [3.63, 3.8) is 0 Å². The van der Waals surface area contributed by atoms with Crippen LogP contribution in [0.15, 0.2) is 30.6 Å². The molecule has 2 unspecified atom stereocenters. The highest BCUT2D eigenvalue weighted by Crippen LogP contribution is 2.13. The fraction of sp³-hybridized carbons (Fsp3) is 0.500. The normalized spacial score (nSPS) is 13.9. The molecule has 21 heavy (non-hydrogen) atoms. The summed E-state index contributed by atoms with van der Waals surface area (Å²) >= 11 is 0. The maximum Gasteiger partial charge on any atom is 0.138 e. The van der Waals surface area contributed by atoms with E-state index in [1.165, 1.54) is 0 Å². The van der Waals surface area contributed by atoms with Crippen LogP contribution in [0.3, 0.4) is 0 Å². The van der Waals surface area contributed by atoms with Crippen LogP contribution in [0, 0.1) is 0 Å². The zero-order valence-corrected chi connectivity index (χ0v) is 13.0. The standard InChI is InChI=1S/C16H24N4O/c1-4-13(3)20-8-7-15(19-20)11-21-16-6-5-14(18-10-16)9-12(2)17/h5-8,10,12-13H,4,9,11,17H2,1-3H3. The second-order valence-corrected chi connectivity index (χ2v) is 5.50. The molecule has 0 aliphatic carbocycles. The molecule has 2 aromatic rings. The maximum atomic E-state index is 5.75. The lowest BCUT2D eigenvalue weighted by atomic mass is 10.2. The second-order valence-electron chi connectivity index (χ2n) is 5.50. The van der Waals surface area contributed by atoms with Crippen molar-refractivity contribution < 1.29 is 4.74 Å². The van der Waals surface area contributed by atoms with Crippen molar-refractivity contribution in [2.45, 2.75) is 52.3 Å². The lowest BCUT2D eigenvalue weighted by molar-refractivity contribution is 0.296. The predicted molar refractivity (Wildman–Crippen MR) is 83.2 cm³/mol. The molecular formula is C16H24N4O. The summed E-state index contributed by atoms with van der Waals surface area (Å²) < 4.78 is 7.68. The van der Waals surface area contributed by atoms with Crippen LogP contribution in [0.25, 0.3) is 0 Å². The van der Waals surface area contributed by atoms with Gasteiger partial charge in [-0.25, -0.2) is 0 Å². The summed E-state index contributed by atoms with van der Waals surface area (Å²) in [6, 6.07) is 6.41. The molecule has 2 heterocycles. The number of hydrogen-bond donors (Lipinski definition) is 1. The fourth-order valence-corrected chi connectivity index (χ4v) is 1.99. The molecule has 0 radical (unpaired) electrons. The highest BCUT2D eigenvalue weighted by Gasteiger charge is 2.06. The molecule has 0 spiro atoms. The Kier molecular flexibility index (Phi) is 5.33. The molecule has 2 aromatic heterocycles. The molecule has 0 bridgehead atoms. The van der Waals surface area contributed by atoms with Crippen molar-refractivity contribution in [2.75, 3.05) is 0 Å². The van der Waals surface area contributed by atoms with Crippen LogP contribution in [0.2, 0.25) is 0 Å². The molecule has 2 rings (SSSR count). The molecule has 2 N–H and O–H groups in total. The molecule has 0 fully saturated rings. The van der Waals surface area contributed by atoms with Gasteiger partial charge in [-0.1, -0.05) is 6.92 Å². The van der Waals surface area contributed by atoms with E-state index in [1.54, 1.807) is 6.20 Å². The number of nitrogens with two attached hydrogens (primary N) is 1. The first-order valence-electron chi connectivity index (χ1n) is 7.45. The minimum absolute atomic E-state index is 0.119. The van der Waals surface area contributed by atoms with Crippen molar-refractivity contribution in [1.82, 2.24) is 14.8 Å². The lowest BCUT2D eigenvalue weighted by Crippen LogP contribution is -2.18. The van der Waals surface area contributed by atoms with Gasteiger partial charge in [-0.15, -0.1) is 0 Å². The van der Waals surface area contributed by atoms with Crippen LogP contribution in [0.1, 0.15) is 44.6 Å². The Morgan fingerprint density at radius 1 is 1.24 bits per heavy atom. The van der Waals surface area contributed by atoms with E-state index in [0.29, 0.717) is 12.6 Å². The van der Waals surface area contributed by atoms with E-state index in [-0.39, 0.29) is 6.04 Å². The fourth-order valence-electron chi connectivity index (χ4n) is 1.99. The highest BCUT2D eigenvalue weighted by molar-refractivity contribution is 5.20. The molecule has 0 saturated heterocycles. The lowest BCUT2D eigenvalue weighted by Gasteiger charge is -2.09. The first-order valence-corrected chi connectivity index (χ1v) is 7.45. The molecule has 0 amide bonds. The topological polar surface area (TPSA) is 66.0 Å². The number of ether oxygens (including phenoxy) is 1. The summed E-state index contributed by atoms with van der Waals surface area (Å²) in [6.45, 7) is 6.73. The van der Waals surface area contributed by atoms with Gasteiger partial charge in [0.05, 0.1) is 11.9 Å². The van der Waals surface area contributed by atoms with E-state index >= 15 is 0 Å². The van der Waals surface area contributed by atoms with Crippen LogP contribution in [0.4, 0.5) is 0 Å². The Morgan fingerprint density at radius 3 is 2.67 bits per heavy atom. The molecule has 114 valence electrons. The monoisotopic (exact) mass is 288 g/mol. The van der Waals surface area contributed by atoms with Crippen LogP contribution in [-0.4, -0.2) is 20.8 Å². The van der Waals surface area contributed by atoms with E-state index in [4.69, 9.17) is 10.5 Å². The van der Waals surface area contributed by atoms with Gasteiger partial charge in [0.15, 0.2) is 0 Å². The molecule has 0 aliphatic heterocycles. The number of aromatic nitrogens is 3. The Bertz CT molecular complexity index is 548. The van der Waals surface area contributed by atoms with Gasteiger partial charge in [0.25, 0.3) is 0 Å². The van der Waals surface area contributed by atoms with Crippen LogP contribution < -0.4 is 10.5 Å². The predicted octanol–water partition coefficient (Wildman–Crippen LogP) is 2.72. The van der Waals surface area contributed by atoms with E-state index in [9.17, 15) is 0 Å². The number of hydrogen-bond acceptors (Lipinski definition) is 4. The Balaban J connectivity index is 1.89. The van der Waals surface area contributed by atoms with Gasteiger partial charge in [-0.3, -0.25) is 9.67 Å². The third-order valence-corrected chi connectivity index (χ3v) is 3.42. The van der Waals surface area contributed by atoms with E-state index in [1.807, 2.05) is 36.0 Å². The molecule has 5 nitrogen and oxygen atoms in total. The van der Waals surface area contributed by atoms with E-state index in [0.717, 1.165) is 30.0 Å². The van der Waals surface area contributed by atoms with Crippen molar-refractivity contribution in [2.24, 2.45) is 5.73 Å². The Labute approximate surface area is 126 Å². The van der Waals surface area contributed by atoms with Crippen molar-refractivity contribution in [3.8, 4) is 5.75 Å². The van der Waals surface area contributed by atoms with Crippen molar-refractivity contribution >= 4 is 0 Å². The number of nitrogens with zero attached hydrogens (tertiary/aromatic N) is 3. The molecule has 5 heteroatoms. The van der Waals surface area contributed by atoms with Gasteiger partial charge in [0.1, 0.15) is 12.4 Å². The average molecular weight is 288 g/mol. The second kappa shape index (κ2) is 7.22. The SMILES string of the molecule is CCC(C)n1ccc(COc2ccc(CC(C)N)nc2)n1. The van der Waals surface area contributed by atoms with Crippen LogP contribution >= 0.6 is 0 Å². The third-order valence-electron chi connectivity index (χ3n) is 3.42. The summed E-state index contributed by atoms with van der Waals surface area (Å²) in [5, 5.41) is 4.51. The van der Waals surface area contributed by atoms with Gasteiger partial charge >= 0.3 is 0 Å². The van der Waals surface area contributed by atoms with E-state index < -0.39 is 0 Å². The number of rotatable bonds is 7. The zero-order valence-electron chi connectivity index (χ0n) is 13.0. The summed E-state index contributed by atoms with van der Waals surface area (Å²) in [4.78, 5) is 4.35. The van der Waals surface area contributed by atoms with E-state index in [2.05, 4.69) is 23.9 Å². The minimum atomic E-state index is 0.119. The minimum Gasteiger partial charge on any atom is -0.486 e. The highest BCUT2D eigenvalue weighted by atomic mass is 16.5. The summed E-state index contributed by atoms with van der Waals surface area (Å²) in [5.74, 6) is 0.751. The number of pyridine rings is 1.